The Kier molecular flexibility index (Phi) is 2.17. The van der Waals surface area contributed by atoms with Crippen molar-refractivity contribution in [2.75, 3.05) is 6.61 Å². The number of rotatable bonds is 2. The lowest BCUT2D eigenvalue weighted by atomic mass is 9.96. The quantitative estimate of drug-likeness (QED) is 0.674. The molecule has 0 saturated carbocycles. The van der Waals surface area contributed by atoms with Crippen LogP contribution >= 0.6 is 0 Å². The van der Waals surface area contributed by atoms with E-state index in [1.807, 2.05) is 13.0 Å². The van der Waals surface area contributed by atoms with Gasteiger partial charge in [0.25, 0.3) is 0 Å². The minimum absolute atomic E-state index is 0.289. The van der Waals surface area contributed by atoms with Crippen molar-refractivity contribution in [2.24, 2.45) is 0 Å². The van der Waals surface area contributed by atoms with Crippen LogP contribution in [0.4, 0.5) is 0 Å². The van der Waals surface area contributed by atoms with Gasteiger partial charge in [-0.25, -0.2) is 0 Å². The standard InChI is InChI=1S/C10H14O2/c1-2-11-9-4-3-5-10-8(9)6-7-12-10/h6-7,9H,2-5H2,1H3. The Bertz CT molecular complexity index is 252. The zero-order valence-corrected chi connectivity index (χ0v) is 7.38. The van der Waals surface area contributed by atoms with Gasteiger partial charge in [0.05, 0.1) is 12.4 Å². The molecule has 0 amide bonds. The minimum Gasteiger partial charge on any atom is -0.469 e. The molecule has 0 radical (unpaired) electrons. The molecule has 0 aromatic carbocycles. The third kappa shape index (κ3) is 1.27. The van der Waals surface area contributed by atoms with Crippen LogP contribution in [0.2, 0.25) is 0 Å². The van der Waals surface area contributed by atoms with E-state index in [9.17, 15) is 0 Å². The fourth-order valence-corrected chi connectivity index (χ4v) is 1.82. The molecule has 1 aliphatic rings. The van der Waals surface area contributed by atoms with Crippen LogP contribution in [0.1, 0.15) is 37.2 Å². The molecule has 1 aromatic rings. The Morgan fingerprint density at radius 2 is 2.58 bits per heavy atom. The Morgan fingerprint density at radius 3 is 3.42 bits per heavy atom. The van der Waals surface area contributed by atoms with E-state index < -0.39 is 0 Å². The molecule has 0 N–H and O–H groups in total. The molecular formula is C10H14O2. The van der Waals surface area contributed by atoms with Gasteiger partial charge in [-0.05, 0) is 25.8 Å². The second-order valence-electron chi connectivity index (χ2n) is 3.14. The first-order chi connectivity index (χ1) is 5.92. The molecule has 1 atom stereocenters. The van der Waals surface area contributed by atoms with Crippen LogP contribution in [0.15, 0.2) is 16.7 Å². The molecule has 0 spiro atoms. The summed E-state index contributed by atoms with van der Waals surface area (Å²) in [5.74, 6) is 1.12. The lowest BCUT2D eigenvalue weighted by molar-refractivity contribution is 0.0483. The van der Waals surface area contributed by atoms with Gasteiger partial charge in [-0.1, -0.05) is 0 Å². The van der Waals surface area contributed by atoms with Crippen molar-refractivity contribution in [3.63, 3.8) is 0 Å². The highest BCUT2D eigenvalue weighted by Crippen LogP contribution is 2.32. The highest BCUT2D eigenvalue weighted by molar-refractivity contribution is 5.22. The summed E-state index contributed by atoms with van der Waals surface area (Å²) in [5.41, 5.74) is 1.27. The molecule has 0 fully saturated rings. The predicted octanol–water partition coefficient (Wildman–Crippen LogP) is 2.69. The maximum Gasteiger partial charge on any atom is 0.109 e. The van der Waals surface area contributed by atoms with E-state index in [4.69, 9.17) is 9.15 Å². The number of hydrogen-bond acceptors (Lipinski definition) is 2. The summed E-state index contributed by atoms with van der Waals surface area (Å²) < 4.78 is 11.0. The molecule has 1 aromatic heterocycles. The summed E-state index contributed by atoms with van der Waals surface area (Å²) in [6.45, 7) is 2.82. The Morgan fingerprint density at radius 1 is 1.67 bits per heavy atom. The highest BCUT2D eigenvalue weighted by Gasteiger charge is 2.22. The van der Waals surface area contributed by atoms with E-state index in [0.717, 1.165) is 25.2 Å². The third-order valence-corrected chi connectivity index (χ3v) is 2.36. The molecule has 0 bridgehead atoms. The van der Waals surface area contributed by atoms with Crippen molar-refractivity contribution in [3.8, 4) is 0 Å². The summed E-state index contributed by atoms with van der Waals surface area (Å²) in [6, 6.07) is 2.04. The summed E-state index contributed by atoms with van der Waals surface area (Å²) in [6.07, 6.45) is 5.46. The van der Waals surface area contributed by atoms with Crippen LogP contribution in [-0.4, -0.2) is 6.61 Å². The minimum atomic E-state index is 0.289. The van der Waals surface area contributed by atoms with Gasteiger partial charge in [-0.2, -0.15) is 0 Å². The van der Waals surface area contributed by atoms with E-state index in [1.54, 1.807) is 6.26 Å². The number of hydrogen-bond donors (Lipinski definition) is 0. The Labute approximate surface area is 72.5 Å². The van der Waals surface area contributed by atoms with Crippen LogP contribution in [0, 0.1) is 0 Å². The molecule has 2 heteroatoms. The summed E-state index contributed by atoms with van der Waals surface area (Å²) in [4.78, 5) is 0. The van der Waals surface area contributed by atoms with Crippen LogP contribution in [0.5, 0.6) is 0 Å². The topological polar surface area (TPSA) is 22.4 Å². The molecule has 12 heavy (non-hydrogen) atoms. The van der Waals surface area contributed by atoms with Crippen molar-refractivity contribution in [3.05, 3.63) is 23.7 Å². The van der Waals surface area contributed by atoms with Crippen LogP contribution in [0.3, 0.4) is 0 Å². The largest absolute Gasteiger partial charge is 0.469 e. The molecule has 1 unspecified atom stereocenters. The lowest BCUT2D eigenvalue weighted by Crippen LogP contribution is -2.10. The fraction of sp³-hybridized carbons (Fsp3) is 0.600. The van der Waals surface area contributed by atoms with Gasteiger partial charge >= 0.3 is 0 Å². The summed E-state index contributed by atoms with van der Waals surface area (Å²) in [7, 11) is 0. The number of fused-ring (bicyclic) bond motifs is 1. The number of aryl methyl sites for hydroxylation is 1. The lowest BCUT2D eigenvalue weighted by Gasteiger charge is -2.20. The first-order valence-corrected chi connectivity index (χ1v) is 4.59. The first-order valence-electron chi connectivity index (χ1n) is 4.59. The number of ether oxygens (including phenoxy) is 1. The smallest absolute Gasteiger partial charge is 0.109 e. The van der Waals surface area contributed by atoms with Crippen LogP contribution in [0.25, 0.3) is 0 Å². The van der Waals surface area contributed by atoms with Crippen LogP contribution in [-0.2, 0) is 11.2 Å². The highest BCUT2D eigenvalue weighted by atomic mass is 16.5. The van der Waals surface area contributed by atoms with Gasteiger partial charge in [0.15, 0.2) is 0 Å². The van der Waals surface area contributed by atoms with Gasteiger partial charge in [0.1, 0.15) is 5.76 Å². The molecular weight excluding hydrogens is 152 g/mol. The van der Waals surface area contributed by atoms with Crippen molar-refractivity contribution < 1.29 is 9.15 Å². The summed E-state index contributed by atoms with van der Waals surface area (Å²) in [5, 5.41) is 0. The molecule has 0 aliphatic heterocycles. The third-order valence-electron chi connectivity index (χ3n) is 2.36. The molecule has 0 saturated heterocycles. The van der Waals surface area contributed by atoms with Gasteiger partial charge in [-0.15, -0.1) is 0 Å². The van der Waals surface area contributed by atoms with E-state index >= 15 is 0 Å². The zero-order chi connectivity index (χ0) is 8.39. The maximum atomic E-state index is 5.61. The average molecular weight is 166 g/mol. The van der Waals surface area contributed by atoms with E-state index in [1.165, 1.54) is 12.0 Å². The zero-order valence-electron chi connectivity index (χ0n) is 7.38. The van der Waals surface area contributed by atoms with Crippen molar-refractivity contribution in [1.82, 2.24) is 0 Å². The predicted molar refractivity (Wildman–Crippen MR) is 46.0 cm³/mol. The average Bonchev–Trinajstić information content (AvgIpc) is 2.53. The Balaban J connectivity index is 2.19. The SMILES string of the molecule is CCOC1CCCc2occc21. The van der Waals surface area contributed by atoms with Gasteiger partial charge in [0, 0.05) is 18.6 Å². The van der Waals surface area contributed by atoms with Crippen molar-refractivity contribution in [2.45, 2.75) is 32.3 Å². The first kappa shape index (κ1) is 7.87. The van der Waals surface area contributed by atoms with Crippen LogP contribution < -0.4 is 0 Å². The van der Waals surface area contributed by atoms with Gasteiger partial charge in [0.2, 0.25) is 0 Å². The van der Waals surface area contributed by atoms with E-state index in [-0.39, 0.29) is 6.10 Å². The fourth-order valence-electron chi connectivity index (χ4n) is 1.82. The van der Waals surface area contributed by atoms with Crippen molar-refractivity contribution >= 4 is 0 Å². The normalized spacial score (nSPS) is 22.2. The summed E-state index contributed by atoms with van der Waals surface area (Å²) >= 11 is 0. The maximum absolute atomic E-state index is 5.61. The second-order valence-corrected chi connectivity index (χ2v) is 3.14. The molecule has 1 heterocycles. The van der Waals surface area contributed by atoms with Crippen molar-refractivity contribution in [1.29, 1.82) is 0 Å². The van der Waals surface area contributed by atoms with E-state index in [2.05, 4.69) is 0 Å². The molecule has 66 valence electrons. The molecule has 1 aliphatic carbocycles. The molecule has 2 rings (SSSR count). The van der Waals surface area contributed by atoms with Gasteiger partial charge in [-0.3, -0.25) is 0 Å². The number of furan rings is 1. The van der Waals surface area contributed by atoms with Gasteiger partial charge < -0.3 is 9.15 Å². The monoisotopic (exact) mass is 166 g/mol. The molecule has 2 nitrogen and oxygen atoms in total. The Hall–Kier alpha value is -0.760. The second kappa shape index (κ2) is 3.31. The van der Waals surface area contributed by atoms with E-state index in [0.29, 0.717) is 0 Å².